The number of halogens is 1. The number of rotatable bonds is 7. The Labute approximate surface area is 193 Å². The highest BCUT2D eigenvalue weighted by molar-refractivity contribution is 5.88. The van der Waals surface area contributed by atoms with Crippen LogP contribution in [0.15, 0.2) is 59.6 Å². The summed E-state index contributed by atoms with van der Waals surface area (Å²) in [6, 6.07) is 14.8. The Morgan fingerprint density at radius 2 is 1.94 bits per heavy atom. The minimum atomic E-state index is -0.954. The quantitative estimate of drug-likeness (QED) is 0.602. The topological polar surface area (TPSA) is 99.8 Å². The number of nitrogens with two attached hydrogens (primary N) is 1. The lowest BCUT2D eigenvalue weighted by atomic mass is 10.0. The molecule has 33 heavy (non-hydrogen) atoms. The first-order chi connectivity index (χ1) is 15.9. The zero-order valence-corrected chi connectivity index (χ0v) is 18.7. The van der Waals surface area contributed by atoms with Gasteiger partial charge in [0, 0.05) is 18.3 Å². The maximum Gasteiger partial charge on any atom is 0.237 e. The second-order valence-electron chi connectivity index (χ2n) is 8.67. The molecule has 5 atom stereocenters. The molecule has 0 bridgehead atoms. The first-order valence-electron chi connectivity index (χ1n) is 11.4. The SMILES string of the molecule is C[C@H](NC(=O)[C@@H](N)CC(=O)N1CCC[C@@H]1c1ccccc1)C1N=CC(c2ccccc2F)N1. The lowest BCUT2D eigenvalue weighted by molar-refractivity contribution is -0.135. The van der Waals surface area contributed by atoms with Crippen molar-refractivity contribution in [2.75, 3.05) is 6.54 Å². The molecule has 2 aliphatic heterocycles. The Bertz CT molecular complexity index is 1010. The molecule has 2 aromatic carbocycles. The van der Waals surface area contributed by atoms with E-state index in [0.29, 0.717) is 12.1 Å². The number of carbonyl (C=O) groups excluding carboxylic acids is 2. The summed E-state index contributed by atoms with van der Waals surface area (Å²) in [7, 11) is 0. The largest absolute Gasteiger partial charge is 0.349 e. The van der Waals surface area contributed by atoms with Crippen LogP contribution in [0.4, 0.5) is 4.39 Å². The molecule has 0 saturated carbocycles. The van der Waals surface area contributed by atoms with Gasteiger partial charge in [0.2, 0.25) is 11.8 Å². The van der Waals surface area contributed by atoms with Gasteiger partial charge in [0.05, 0.1) is 30.6 Å². The molecule has 0 aliphatic carbocycles. The second kappa shape index (κ2) is 10.2. The average molecular weight is 452 g/mol. The summed E-state index contributed by atoms with van der Waals surface area (Å²) in [5.74, 6) is -0.832. The molecule has 2 aromatic rings. The third kappa shape index (κ3) is 5.29. The lowest BCUT2D eigenvalue weighted by Crippen LogP contribution is -2.52. The molecular weight excluding hydrogens is 421 g/mol. The normalized spacial score (nSPS) is 24.0. The van der Waals surface area contributed by atoms with Gasteiger partial charge in [-0.3, -0.25) is 19.9 Å². The molecule has 0 spiro atoms. The van der Waals surface area contributed by atoms with Gasteiger partial charge in [0.1, 0.15) is 12.0 Å². The van der Waals surface area contributed by atoms with E-state index in [1.165, 1.54) is 6.07 Å². The predicted molar refractivity (Wildman–Crippen MR) is 125 cm³/mol. The molecule has 174 valence electrons. The molecule has 2 aliphatic rings. The summed E-state index contributed by atoms with van der Waals surface area (Å²) in [6.07, 6.45) is 3.01. The molecule has 2 unspecified atom stereocenters. The van der Waals surface area contributed by atoms with Crippen molar-refractivity contribution in [1.82, 2.24) is 15.5 Å². The maximum absolute atomic E-state index is 14.0. The van der Waals surface area contributed by atoms with Crippen molar-refractivity contribution in [3.05, 3.63) is 71.5 Å². The van der Waals surface area contributed by atoms with Crippen LogP contribution in [0.5, 0.6) is 0 Å². The zero-order chi connectivity index (χ0) is 23.4. The van der Waals surface area contributed by atoms with Crippen molar-refractivity contribution in [2.45, 2.75) is 56.5 Å². The summed E-state index contributed by atoms with van der Waals surface area (Å²) in [5, 5.41) is 6.05. The summed E-state index contributed by atoms with van der Waals surface area (Å²) < 4.78 is 14.0. The fourth-order valence-electron chi connectivity index (χ4n) is 4.52. The van der Waals surface area contributed by atoms with E-state index in [1.54, 1.807) is 31.3 Å². The van der Waals surface area contributed by atoms with E-state index >= 15 is 0 Å². The molecule has 8 heteroatoms. The number of nitrogens with one attached hydrogen (secondary N) is 2. The van der Waals surface area contributed by atoms with E-state index in [1.807, 2.05) is 35.2 Å². The van der Waals surface area contributed by atoms with Crippen LogP contribution in [0.1, 0.15) is 49.4 Å². The number of aliphatic imine (C=N–C) groups is 1. The highest BCUT2D eigenvalue weighted by Crippen LogP contribution is 2.32. The molecule has 0 radical (unpaired) electrons. The highest BCUT2D eigenvalue weighted by atomic mass is 19.1. The van der Waals surface area contributed by atoms with Gasteiger partial charge in [0.25, 0.3) is 0 Å². The van der Waals surface area contributed by atoms with Crippen LogP contribution in [0.2, 0.25) is 0 Å². The Morgan fingerprint density at radius 3 is 2.70 bits per heavy atom. The number of amides is 2. The van der Waals surface area contributed by atoms with Gasteiger partial charge in [-0.15, -0.1) is 0 Å². The number of carbonyl (C=O) groups is 2. The van der Waals surface area contributed by atoms with Crippen LogP contribution < -0.4 is 16.4 Å². The number of hydrogen-bond donors (Lipinski definition) is 3. The Morgan fingerprint density at radius 1 is 1.21 bits per heavy atom. The first kappa shape index (κ1) is 23.1. The van der Waals surface area contributed by atoms with Crippen molar-refractivity contribution in [2.24, 2.45) is 10.7 Å². The summed E-state index contributed by atoms with van der Waals surface area (Å²) in [5.41, 5.74) is 7.69. The monoisotopic (exact) mass is 451 g/mol. The lowest BCUT2D eigenvalue weighted by Gasteiger charge is -2.27. The molecule has 1 fully saturated rings. The number of likely N-dealkylation sites (tertiary alicyclic amines) is 1. The predicted octanol–water partition coefficient (Wildman–Crippen LogP) is 2.45. The molecule has 4 N–H and O–H groups in total. The van der Waals surface area contributed by atoms with Gasteiger partial charge in [-0.1, -0.05) is 48.5 Å². The highest BCUT2D eigenvalue weighted by Gasteiger charge is 2.33. The van der Waals surface area contributed by atoms with Crippen LogP contribution in [0.3, 0.4) is 0 Å². The summed E-state index contributed by atoms with van der Waals surface area (Å²) in [6.45, 7) is 2.47. The van der Waals surface area contributed by atoms with E-state index in [0.717, 1.165) is 18.4 Å². The van der Waals surface area contributed by atoms with Crippen LogP contribution >= 0.6 is 0 Å². The van der Waals surface area contributed by atoms with Crippen molar-refractivity contribution in [3.63, 3.8) is 0 Å². The standard InChI is InChI=1S/C25H30FN5O2/c1-16(24-28-15-21(30-24)18-10-5-6-11-19(18)26)29-25(33)20(27)14-23(32)31-13-7-12-22(31)17-8-3-2-4-9-17/h2-6,8-11,15-16,20-22,24,30H,7,12-14,27H2,1H3,(H,29,33)/t16-,20-,21?,22+,24?/m0/s1. The van der Waals surface area contributed by atoms with Crippen LogP contribution in [0.25, 0.3) is 0 Å². The van der Waals surface area contributed by atoms with E-state index in [2.05, 4.69) is 15.6 Å². The summed E-state index contributed by atoms with van der Waals surface area (Å²) >= 11 is 0. The van der Waals surface area contributed by atoms with Gasteiger partial charge in [-0.25, -0.2) is 4.39 Å². The van der Waals surface area contributed by atoms with E-state index in [9.17, 15) is 14.0 Å². The van der Waals surface area contributed by atoms with Gasteiger partial charge < -0.3 is 16.0 Å². The van der Waals surface area contributed by atoms with Crippen molar-refractivity contribution in [1.29, 1.82) is 0 Å². The second-order valence-corrected chi connectivity index (χ2v) is 8.67. The summed E-state index contributed by atoms with van der Waals surface area (Å²) in [4.78, 5) is 31.8. The Balaban J connectivity index is 1.29. The first-order valence-corrected chi connectivity index (χ1v) is 11.4. The smallest absolute Gasteiger partial charge is 0.237 e. The Kier molecular flexibility index (Phi) is 7.15. The van der Waals surface area contributed by atoms with E-state index < -0.39 is 18.1 Å². The van der Waals surface area contributed by atoms with Crippen LogP contribution in [-0.4, -0.2) is 47.7 Å². The number of hydrogen-bond acceptors (Lipinski definition) is 5. The van der Waals surface area contributed by atoms with Crippen LogP contribution in [0, 0.1) is 5.82 Å². The Hall–Kier alpha value is -3.10. The maximum atomic E-state index is 14.0. The molecule has 4 rings (SSSR count). The van der Waals surface area contributed by atoms with Crippen molar-refractivity contribution in [3.8, 4) is 0 Å². The number of benzene rings is 2. The molecular formula is C25H30FN5O2. The minimum Gasteiger partial charge on any atom is -0.349 e. The fourth-order valence-corrected chi connectivity index (χ4v) is 4.52. The number of nitrogens with zero attached hydrogens (tertiary/aromatic N) is 2. The van der Waals surface area contributed by atoms with Crippen molar-refractivity contribution < 1.29 is 14.0 Å². The third-order valence-electron chi connectivity index (χ3n) is 6.32. The zero-order valence-electron chi connectivity index (χ0n) is 18.7. The van der Waals surface area contributed by atoms with E-state index in [4.69, 9.17) is 5.73 Å². The van der Waals surface area contributed by atoms with E-state index in [-0.39, 0.29) is 36.3 Å². The minimum absolute atomic E-state index is 0.0280. The van der Waals surface area contributed by atoms with Crippen LogP contribution in [-0.2, 0) is 9.59 Å². The third-order valence-corrected chi connectivity index (χ3v) is 6.32. The van der Waals surface area contributed by atoms with Gasteiger partial charge in [0.15, 0.2) is 0 Å². The van der Waals surface area contributed by atoms with Gasteiger partial charge in [-0.2, -0.15) is 0 Å². The van der Waals surface area contributed by atoms with Gasteiger partial charge in [-0.05, 0) is 31.4 Å². The van der Waals surface area contributed by atoms with Gasteiger partial charge >= 0.3 is 0 Å². The van der Waals surface area contributed by atoms with Crippen molar-refractivity contribution >= 4 is 18.0 Å². The molecule has 0 aromatic heterocycles. The molecule has 2 heterocycles. The molecule has 7 nitrogen and oxygen atoms in total. The fraction of sp³-hybridized carbons (Fsp3) is 0.400. The molecule has 1 saturated heterocycles. The average Bonchev–Trinajstić information content (AvgIpc) is 3.50. The molecule has 2 amide bonds.